The van der Waals surface area contributed by atoms with Crippen LogP contribution in [0.25, 0.3) is 11.3 Å². The molecule has 154 valence electrons. The summed E-state index contributed by atoms with van der Waals surface area (Å²) in [6.45, 7) is 5.42. The Kier molecular flexibility index (Phi) is 5.77. The molecule has 3 aromatic rings. The summed E-state index contributed by atoms with van der Waals surface area (Å²) in [6.07, 6.45) is 0. The summed E-state index contributed by atoms with van der Waals surface area (Å²) in [5.41, 5.74) is 3.01. The van der Waals surface area contributed by atoms with E-state index in [1.807, 2.05) is 13.8 Å². The van der Waals surface area contributed by atoms with Gasteiger partial charge < -0.3 is 14.0 Å². The number of nitrogens with zero attached hydrogens (tertiary/aromatic N) is 1. The predicted octanol–water partition coefficient (Wildman–Crippen LogP) is 4.74. The standard InChI is InChI=1S/C20H21ClN2O5S/c1-11-6-7-14(20-12(2)13(3)22-28-20)8-19(11)29(24,25)23-16-9-15(21)17(26-4)10-18(16)27-5/h6-10,23H,1-5H3. The van der Waals surface area contributed by atoms with Crippen LogP contribution in [0.3, 0.4) is 0 Å². The van der Waals surface area contributed by atoms with Crippen molar-refractivity contribution in [2.24, 2.45) is 0 Å². The summed E-state index contributed by atoms with van der Waals surface area (Å²) in [4.78, 5) is 0.109. The van der Waals surface area contributed by atoms with Gasteiger partial charge in [-0.15, -0.1) is 0 Å². The number of hydrogen-bond acceptors (Lipinski definition) is 6. The highest BCUT2D eigenvalue weighted by Crippen LogP contribution is 2.37. The second-order valence-corrected chi connectivity index (χ2v) is 8.55. The molecular weight excluding hydrogens is 416 g/mol. The number of halogens is 1. The number of aromatic nitrogens is 1. The normalized spacial score (nSPS) is 11.4. The molecule has 0 aliphatic heterocycles. The van der Waals surface area contributed by atoms with Gasteiger partial charge in [0.2, 0.25) is 0 Å². The summed E-state index contributed by atoms with van der Waals surface area (Å²) in [6, 6.07) is 8.04. The molecule has 29 heavy (non-hydrogen) atoms. The molecule has 3 rings (SSSR count). The molecule has 7 nitrogen and oxygen atoms in total. The molecule has 1 N–H and O–H groups in total. The Hall–Kier alpha value is -2.71. The maximum absolute atomic E-state index is 13.1. The van der Waals surface area contributed by atoms with Gasteiger partial charge in [0, 0.05) is 17.2 Å². The van der Waals surface area contributed by atoms with Crippen molar-refractivity contribution in [3.8, 4) is 22.8 Å². The van der Waals surface area contributed by atoms with Crippen LogP contribution in [-0.4, -0.2) is 27.8 Å². The third kappa shape index (κ3) is 4.04. The van der Waals surface area contributed by atoms with E-state index in [0.717, 1.165) is 11.3 Å². The van der Waals surface area contributed by atoms with Crippen molar-refractivity contribution in [1.82, 2.24) is 5.16 Å². The first kappa shape index (κ1) is 21.0. The van der Waals surface area contributed by atoms with Crippen LogP contribution in [0.2, 0.25) is 5.02 Å². The first-order chi connectivity index (χ1) is 13.7. The Labute approximate surface area is 174 Å². The largest absolute Gasteiger partial charge is 0.495 e. The van der Waals surface area contributed by atoms with E-state index in [9.17, 15) is 8.42 Å². The molecule has 0 aliphatic carbocycles. The van der Waals surface area contributed by atoms with E-state index in [2.05, 4.69) is 9.88 Å². The molecule has 0 saturated carbocycles. The van der Waals surface area contributed by atoms with Crippen LogP contribution in [0.5, 0.6) is 11.5 Å². The zero-order chi connectivity index (χ0) is 21.3. The van der Waals surface area contributed by atoms with E-state index < -0.39 is 10.0 Å². The minimum Gasteiger partial charge on any atom is -0.495 e. The van der Waals surface area contributed by atoms with E-state index >= 15 is 0 Å². The number of hydrogen-bond donors (Lipinski definition) is 1. The molecule has 1 aromatic heterocycles. The summed E-state index contributed by atoms with van der Waals surface area (Å²) < 4.78 is 44.6. The van der Waals surface area contributed by atoms with Crippen LogP contribution in [0.4, 0.5) is 5.69 Å². The number of sulfonamides is 1. The predicted molar refractivity (Wildman–Crippen MR) is 112 cm³/mol. The van der Waals surface area contributed by atoms with Crippen LogP contribution in [0.15, 0.2) is 39.8 Å². The molecular formula is C20H21ClN2O5S. The van der Waals surface area contributed by atoms with E-state index in [0.29, 0.717) is 22.6 Å². The fraction of sp³-hybridized carbons (Fsp3) is 0.250. The number of ether oxygens (including phenoxy) is 2. The van der Waals surface area contributed by atoms with Crippen molar-refractivity contribution in [1.29, 1.82) is 0 Å². The van der Waals surface area contributed by atoms with Gasteiger partial charge in [-0.05, 0) is 38.5 Å². The lowest BCUT2D eigenvalue weighted by molar-refractivity contribution is 0.396. The van der Waals surface area contributed by atoms with Crippen molar-refractivity contribution in [2.75, 3.05) is 18.9 Å². The van der Waals surface area contributed by atoms with Crippen molar-refractivity contribution < 1.29 is 22.4 Å². The van der Waals surface area contributed by atoms with Gasteiger partial charge >= 0.3 is 0 Å². The van der Waals surface area contributed by atoms with Crippen molar-refractivity contribution >= 4 is 27.3 Å². The van der Waals surface area contributed by atoms with Gasteiger partial charge in [0.25, 0.3) is 10.0 Å². The van der Waals surface area contributed by atoms with Crippen LogP contribution in [-0.2, 0) is 10.0 Å². The van der Waals surface area contributed by atoms with E-state index in [1.165, 1.54) is 26.4 Å². The quantitative estimate of drug-likeness (QED) is 0.600. The molecule has 0 unspecified atom stereocenters. The highest BCUT2D eigenvalue weighted by atomic mass is 35.5. The molecule has 0 amide bonds. The number of rotatable bonds is 6. The Morgan fingerprint density at radius 1 is 1.03 bits per heavy atom. The summed E-state index contributed by atoms with van der Waals surface area (Å²) in [5, 5.41) is 4.19. The molecule has 0 radical (unpaired) electrons. The summed E-state index contributed by atoms with van der Waals surface area (Å²) in [7, 11) is -1.04. The number of anilines is 1. The van der Waals surface area contributed by atoms with E-state index in [1.54, 1.807) is 25.1 Å². The molecule has 0 atom stereocenters. The number of aryl methyl sites for hydroxylation is 2. The average molecular weight is 437 g/mol. The zero-order valence-electron chi connectivity index (χ0n) is 16.7. The SMILES string of the molecule is COc1cc(OC)c(NS(=O)(=O)c2cc(-c3onc(C)c3C)ccc2C)cc1Cl. The topological polar surface area (TPSA) is 90.7 Å². The fourth-order valence-electron chi connectivity index (χ4n) is 2.85. The number of benzene rings is 2. The Morgan fingerprint density at radius 3 is 2.31 bits per heavy atom. The minimum atomic E-state index is -3.94. The average Bonchev–Trinajstić information content (AvgIpc) is 3.01. The Balaban J connectivity index is 2.06. The second-order valence-electron chi connectivity index (χ2n) is 6.49. The third-order valence-electron chi connectivity index (χ3n) is 4.62. The lowest BCUT2D eigenvalue weighted by Crippen LogP contribution is -2.15. The van der Waals surface area contributed by atoms with Gasteiger partial charge in [0.15, 0.2) is 5.76 Å². The first-order valence-corrected chi connectivity index (χ1v) is 10.5. The van der Waals surface area contributed by atoms with Gasteiger partial charge in [-0.3, -0.25) is 4.72 Å². The van der Waals surface area contributed by atoms with E-state index in [4.69, 9.17) is 25.6 Å². The van der Waals surface area contributed by atoms with Crippen LogP contribution in [0.1, 0.15) is 16.8 Å². The van der Waals surface area contributed by atoms with Gasteiger partial charge in [0.1, 0.15) is 11.5 Å². The Morgan fingerprint density at radius 2 is 1.72 bits per heavy atom. The monoisotopic (exact) mass is 436 g/mol. The number of methoxy groups -OCH3 is 2. The van der Waals surface area contributed by atoms with Gasteiger partial charge in [-0.1, -0.05) is 28.9 Å². The van der Waals surface area contributed by atoms with Crippen molar-refractivity contribution in [2.45, 2.75) is 25.7 Å². The maximum Gasteiger partial charge on any atom is 0.262 e. The highest BCUT2D eigenvalue weighted by Gasteiger charge is 2.22. The Bertz CT molecular complexity index is 1170. The minimum absolute atomic E-state index is 0.109. The van der Waals surface area contributed by atoms with Gasteiger partial charge in [-0.25, -0.2) is 8.42 Å². The van der Waals surface area contributed by atoms with Crippen LogP contribution < -0.4 is 14.2 Å². The molecule has 2 aromatic carbocycles. The van der Waals surface area contributed by atoms with Crippen molar-refractivity contribution in [3.05, 3.63) is 52.2 Å². The fourth-order valence-corrected chi connectivity index (χ4v) is 4.43. The highest BCUT2D eigenvalue weighted by molar-refractivity contribution is 7.92. The third-order valence-corrected chi connectivity index (χ3v) is 6.42. The van der Waals surface area contributed by atoms with Gasteiger partial charge in [0.05, 0.1) is 35.5 Å². The van der Waals surface area contributed by atoms with Crippen molar-refractivity contribution in [3.63, 3.8) is 0 Å². The number of nitrogens with one attached hydrogen (secondary N) is 1. The molecule has 0 aliphatic rings. The summed E-state index contributed by atoms with van der Waals surface area (Å²) >= 11 is 6.15. The molecule has 0 fully saturated rings. The molecule has 0 bridgehead atoms. The van der Waals surface area contributed by atoms with Crippen LogP contribution in [0, 0.1) is 20.8 Å². The zero-order valence-corrected chi connectivity index (χ0v) is 18.2. The first-order valence-electron chi connectivity index (χ1n) is 8.66. The lowest BCUT2D eigenvalue weighted by atomic mass is 10.1. The maximum atomic E-state index is 13.1. The summed E-state index contributed by atoms with van der Waals surface area (Å²) in [5.74, 6) is 1.19. The van der Waals surface area contributed by atoms with Gasteiger partial charge in [-0.2, -0.15) is 0 Å². The molecule has 0 spiro atoms. The molecule has 1 heterocycles. The lowest BCUT2D eigenvalue weighted by Gasteiger charge is -2.15. The molecule has 0 saturated heterocycles. The molecule has 9 heteroatoms. The smallest absolute Gasteiger partial charge is 0.262 e. The van der Waals surface area contributed by atoms with Crippen LogP contribution >= 0.6 is 11.6 Å². The second kappa shape index (κ2) is 7.96. The van der Waals surface area contributed by atoms with E-state index in [-0.39, 0.29) is 21.4 Å².